The molecule has 1 heterocycles. The lowest BCUT2D eigenvalue weighted by Gasteiger charge is -2.27. The van der Waals surface area contributed by atoms with Gasteiger partial charge in [0, 0.05) is 4.47 Å². The average Bonchev–Trinajstić information content (AvgIpc) is 2.45. The first-order valence-electron chi connectivity index (χ1n) is 5.99. The minimum absolute atomic E-state index is 0.283. The number of halogens is 1. The summed E-state index contributed by atoms with van der Waals surface area (Å²) in [7, 11) is 0. The highest BCUT2D eigenvalue weighted by atomic mass is 79.9. The number of hydrogen-bond acceptors (Lipinski definition) is 2. The Morgan fingerprint density at radius 3 is 2.44 bits per heavy atom. The number of carbonyl (C=O) groups is 1. The summed E-state index contributed by atoms with van der Waals surface area (Å²) in [5.41, 5.74) is 1.52. The van der Waals surface area contributed by atoms with E-state index in [1.807, 2.05) is 26.8 Å². The number of benzene rings is 1. The van der Waals surface area contributed by atoms with Crippen LogP contribution >= 0.6 is 15.9 Å². The highest BCUT2D eigenvalue weighted by Crippen LogP contribution is 2.49. The Bertz CT molecular complexity index is 522. The third kappa shape index (κ3) is 1.88. The van der Waals surface area contributed by atoms with Gasteiger partial charge in [0.2, 0.25) is 0 Å². The summed E-state index contributed by atoms with van der Waals surface area (Å²) in [6, 6.07) is 3.61. The van der Waals surface area contributed by atoms with Crippen molar-refractivity contribution in [3.8, 4) is 0 Å². The summed E-state index contributed by atoms with van der Waals surface area (Å²) in [6.45, 7) is 8.08. The van der Waals surface area contributed by atoms with Crippen LogP contribution in [0.3, 0.4) is 0 Å². The van der Waals surface area contributed by atoms with Gasteiger partial charge in [-0.15, -0.1) is 0 Å². The molecule has 1 aromatic carbocycles. The van der Waals surface area contributed by atoms with Crippen molar-refractivity contribution in [3.63, 3.8) is 0 Å². The largest absolute Gasteiger partial charge is 0.478 e. The molecule has 0 aliphatic carbocycles. The Morgan fingerprint density at radius 1 is 1.33 bits per heavy atom. The molecule has 0 radical (unpaired) electrons. The molecule has 1 atom stereocenters. The Labute approximate surface area is 115 Å². The second-order valence-corrected chi connectivity index (χ2v) is 6.23. The van der Waals surface area contributed by atoms with Crippen molar-refractivity contribution in [2.75, 3.05) is 0 Å². The summed E-state index contributed by atoms with van der Waals surface area (Å²) in [5, 5.41) is 9.18. The zero-order valence-corrected chi connectivity index (χ0v) is 12.6. The van der Waals surface area contributed by atoms with Gasteiger partial charge in [-0.05, 0) is 66.4 Å². The van der Waals surface area contributed by atoms with Gasteiger partial charge in [-0.25, -0.2) is 4.79 Å². The minimum Gasteiger partial charge on any atom is -0.478 e. The van der Waals surface area contributed by atoms with Gasteiger partial charge < -0.3 is 9.84 Å². The maximum absolute atomic E-state index is 11.2. The molecule has 0 amide bonds. The third-order valence-electron chi connectivity index (χ3n) is 3.71. The van der Waals surface area contributed by atoms with Gasteiger partial charge in [-0.1, -0.05) is 6.92 Å². The topological polar surface area (TPSA) is 46.5 Å². The first kappa shape index (κ1) is 13.6. The van der Waals surface area contributed by atoms with Crippen LogP contribution in [0.25, 0.3) is 0 Å². The number of hydrogen-bond donors (Lipinski definition) is 1. The first-order chi connectivity index (χ1) is 8.21. The quantitative estimate of drug-likeness (QED) is 0.896. The van der Waals surface area contributed by atoms with Crippen molar-refractivity contribution in [2.45, 2.75) is 45.3 Å². The average molecular weight is 313 g/mol. The molecular formula is C14H17BrO3. The van der Waals surface area contributed by atoms with E-state index < -0.39 is 11.6 Å². The van der Waals surface area contributed by atoms with Gasteiger partial charge in [0.25, 0.3) is 0 Å². The zero-order valence-electron chi connectivity index (χ0n) is 11.0. The van der Waals surface area contributed by atoms with E-state index in [1.165, 1.54) is 0 Å². The van der Waals surface area contributed by atoms with Crippen LogP contribution in [0.5, 0.6) is 0 Å². The lowest BCUT2D eigenvalue weighted by atomic mass is 9.87. The van der Waals surface area contributed by atoms with Crippen LogP contribution in [-0.4, -0.2) is 11.1 Å². The van der Waals surface area contributed by atoms with Gasteiger partial charge >= 0.3 is 5.97 Å². The zero-order chi connectivity index (χ0) is 13.7. The highest BCUT2D eigenvalue weighted by molar-refractivity contribution is 9.10. The molecular weight excluding hydrogens is 296 g/mol. The van der Waals surface area contributed by atoms with E-state index in [1.54, 1.807) is 6.07 Å². The lowest BCUT2D eigenvalue weighted by molar-refractivity contribution is -0.117. The smallest absolute Gasteiger partial charge is 0.336 e. The molecule has 0 saturated carbocycles. The fraction of sp³-hybridized carbons (Fsp3) is 0.500. The highest BCUT2D eigenvalue weighted by Gasteiger charge is 2.45. The number of carboxylic acids is 1. The van der Waals surface area contributed by atoms with E-state index >= 15 is 0 Å². The SMILES string of the molecule is CCC1(C)OC(C)(C)c2cc(C(=O)O)c(Br)cc21. The van der Waals surface area contributed by atoms with Crippen LogP contribution in [0, 0.1) is 0 Å². The molecule has 18 heavy (non-hydrogen) atoms. The summed E-state index contributed by atoms with van der Waals surface area (Å²) in [6.07, 6.45) is 0.849. The van der Waals surface area contributed by atoms with Crippen molar-refractivity contribution >= 4 is 21.9 Å². The molecule has 1 unspecified atom stereocenters. The number of fused-ring (bicyclic) bond motifs is 1. The fourth-order valence-corrected chi connectivity index (χ4v) is 3.12. The number of carboxylic acid groups (broad SMARTS) is 1. The predicted octanol–water partition coefficient (Wildman–Crippen LogP) is 4.04. The van der Waals surface area contributed by atoms with E-state index in [0.717, 1.165) is 17.5 Å². The van der Waals surface area contributed by atoms with Gasteiger partial charge in [0.1, 0.15) is 0 Å². The van der Waals surface area contributed by atoms with Crippen molar-refractivity contribution in [1.29, 1.82) is 0 Å². The summed E-state index contributed by atoms with van der Waals surface area (Å²) < 4.78 is 6.74. The Balaban J connectivity index is 2.71. The standard InChI is InChI=1S/C14H17BrO3/c1-5-14(4)10-7-11(15)8(12(16)17)6-9(10)13(2,3)18-14/h6-7H,5H2,1-4H3,(H,16,17). The van der Waals surface area contributed by atoms with Crippen LogP contribution in [0.2, 0.25) is 0 Å². The van der Waals surface area contributed by atoms with Gasteiger partial charge in [0.15, 0.2) is 0 Å². The molecule has 0 aromatic heterocycles. The molecule has 3 nitrogen and oxygen atoms in total. The van der Waals surface area contributed by atoms with Crippen LogP contribution in [0.1, 0.15) is 55.6 Å². The molecule has 1 aromatic rings. The minimum atomic E-state index is -0.925. The van der Waals surface area contributed by atoms with Crippen molar-refractivity contribution in [3.05, 3.63) is 33.3 Å². The van der Waals surface area contributed by atoms with Crippen LogP contribution in [-0.2, 0) is 15.9 Å². The van der Waals surface area contributed by atoms with Gasteiger partial charge in [-0.2, -0.15) is 0 Å². The van der Waals surface area contributed by atoms with Crippen LogP contribution in [0.4, 0.5) is 0 Å². The maximum Gasteiger partial charge on any atom is 0.336 e. The predicted molar refractivity (Wildman–Crippen MR) is 72.9 cm³/mol. The number of aromatic carboxylic acids is 1. The molecule has 2 rings (SSSR count). The lowest BCUT2D eigenvalue weighted by Crippen LogP contribution is -2.24. The van der Waals surface area contributed by atoms with Gasteiger partial charge in [-0.3, -0.25) is 0 Å². The Hall–Kier alpha value is -0.870. The van der Waals surface area contributed by atoms with Crippen LogP contribution in [0.15, 0.2) is 16.6 Å². The summed E-state index contributed by atoms with van der Waals surface area (Å²) in [5.74, 6) is -0.925. The molecule has 4 heteroatoms. The Morgan fingerprint density at radius 2 is 1.94 bits per heavy atom. The number of ether oxygens (including phenoxy) is 1. The molecule has 1 aliphatic heterocycles. The Kier molecular flexibility index (Phi) is 3.06. The monoisotopic (exact) mass is 312 g/mol. The fourth-order valence-electron chi connectivity index (χ4n) is 2.61. The molecule has 0 saturated heterocycles. The molecule has 98 valence electrons. The van der Waals surface area contributed by atoms with Crippen molar-refractivity contribution < 1.29 is 14.6 Å². The summed E-state index contributed by atoms with van der Waals surface area (Å²) >= 11 is 3.33. The van der Waals surface area contributed by atoms with Gasteiger partial charge in [0.05, 0.1) is 16.8 Å². The molecule has 1 N–H and O–H groups in total. The van der Waals surface area contributed by atoms with Crippen molar-refractivity contribution in [1.82, 2.24) is 0 Å². The van der Waals surface area contributed by atoms with Crippen molar-refractivity contribution in [2.24, 2.45) is 0 Å². The van der Waals surface area contributed by atoms with E-state index in [4.69, 9.17) is 4.74 Å². The second-order valence-electron chi connectivity index (χ2n) is 5.38. The molecule has 0 spiro atoms. The first-order valence-corrected chi connectivity index (χ1v) is 6.78. The van der Waals surface area contributed by atoms with E-state index in [2.05, 4.69) is 22.9 Å². The van der Waals surface area contributed by atoms with E-state index in [-0.39, 0.29) is 11.2 Å². The van der Waals surface area contributed by atoms with E-state index in [0.29, 0.717) is 4.47 Å². The molecule has 0 fully saturated rings. The van der Waals surface area contributed by atoms with Crippen LogP contribution < -0.4 is 0 Å². The summed E-state index contributed by atoms with van der Waals surface area (Å²) in [4.78, 5) is 11.2. The van der Waals surface area contributed by atoms with E-state index in [9.17, 15) is 9.90 Å². The normalized spacial score (nSPS) is 24.9. The third-order valence-corrected chi connectivity index (χ3v) is 4.37. The maximum atomic E-state index is 11.2. The number of rotatable bonds is 2. The second kappa shape index (κ2) is 4.07. The molecule has 1 aliphatic rings. The molecule has 0 bridgehead atoms.